The van der Waals surface area contributed by atoms with Gasteiger partial charge in [0.25, 0.3) is 5.56 Å². The first-order valence-corrected chi connectivity index (χ1v) is 11.6. The SMILES string of the molecule is CCc1nc2c(C)cc(C)nc2n1Cc1ccc(-c2c(C(=O)O)c(=O)n(C)c3ccccc23)cc1. The van der Waals surface area contributed by atoms with Crippen LogP contribution in [-0.2, 0) is 20.0 Å². The maximum atomic E-state index is 12.9. The highest BCUT2D eigenvalue weighted by molar-refractivity contribution is 6.06. The van der Waals surface area contributed by atoms with E-state index < -0.39 is 11.5 Å². The van der Waals surface area contributed by atoms with E-state index in [1.165, 1.54) is 4.57 Å². The van der Waals surface area contributed by atoms with E-state index in [0.29, 0.717) is 23.2 Å². The molecule has 3 heterocycles. The van der Waals surface area contributed by atoms with Crippen LogP contribution < -0.4 is 5.56 Å². The molecule has 0 saturated heterocycles. The van der Waals surface area contributed by atoms with Crippen LogP contribution in [0, 0.1) is 13.8 Å². The molecule has 0 atom stereocenters. The molecular weight excluding hydrogens is 440 g/mol. The Hall–Kier alpha value is -4.26. The Morgan fingerprint density at radius 2 is 1.74 bits per heavy atom. The number of imidazole rings is 1. The lowest BCUT2D eigenvalue weighted by atomic mass is 9.95. The lowest BCUT2D eigenvalue weighted by molar-refractivity contribution is 0.0695. The Bertz CT molecular complexity index is 1680. The summed E-state index contributed by atoms with van der Waals surface area (Å²) < 4.78 is 3.53. The standard InChI is InChI=1S/C28H26N4O3/c1-5-22-30-25-16(2)14-17(3)29-26(25)32(22)15-18-10-12-19(13-11-18)23-20-8-6-7-9-21(20)31(4)27(33)24(23)28(34)35/h6-14H,5,15H2,1-4H3,(H,34,35). The van der Waals surface area contributed by atoms with Gasteiger partial charge in [-0.2, -0.15) is 0 Å². The zero-order valence-corrected chi connectivity index (χ0v) is 20.2. The number of fused-ring (bicyclic) bond motifs is 2. The predicted octanol–water partition coefficient (Wildman–Crippen LogP) is 4.88. The van der Waals surface area contributed by atoms with Gasteiger partial charge in [-0.05, 0) is 42.7 Å². The topological polar surface area (TPSA) is 90.0 Å². The molecule has 176 valence electrons. The highest BCUT2D eigenvalue weighted by Crippen LogP contribution is 2.31. The van der Waals surface area contributed by atoms with E-state index >= 15 is 0 Å². The van der Waals surface area contributed by atoms with Crippen molar-refractivity contribution in [2.24, 2.45) is 7.05 Å². The number of aryl methyl sites for hydroxylation is 4. The van der Waals surface area contributed by atoms with E-state index in [2.05, 4.69) is 18.4 Å². The fourth-order valence-corrected chi connectivity index (χ4v) is 4.84. The van der Waals surface area contributed by atoms with Gasteiger partial charge in [-0.3, -0.25) is 4.79 Å². The number of nitrogens with zero attached hydrogens (tertiary/aromatic N) is 4. The van der Waals surface area contributed by atoms with E-state index in [1.807, 2.05) is 61.5 Å². The van der Waals surface area contributed by atoms with Crippen molar-refractivity contribution in [1.82, 2.24) is 19.1 Å². The van der Waals surface area contributed by atoms with Gasteiger partial charge >= 0.3 is 5.97 Å². The number of carbonyl (C=O) groups is 1. The van der Waals surface area contributed by atoms with Crippen LogP contribution in [0.1, 0.15) is 39.9 Å². The maximum absolute atomic E-state index is 12.9. The summed E-state index contributed by atoms with van der Waals surface area (Å²) in [7, 11) is 1.60. The summed E-state index contributed by atoms with van der Waals surface area (Å²) in [6.07, 6.45) is 0.786. The number of carboxylic acid groups (broad SMARTS) is 1. The summed E-state index contributed by atoms with van der Waals surface area (Å²) >= 11 is 0. The van der Waals surface area contributed by atoms with Gasteiger partial charge in [-0.1, -0.05) is 49.4 Å². The second-order valence-electron chi connectivity index (χ2n) is 8.85. The molecule has 0 unspecified atom stereocenters. The zero-order valence-electron chi connectivity index (χ0n) is 20.2. The van der Waals surface area contributed by atoms with Crippen molar-refractivity contribution in [3.63, 3.8) is 0 Å². The van der Waals surface area contributed by atoms with Gasteiger partial charge in [0.05, 0.1) is 12.1 Å². The normalized spacial score (nSPS) is 11.4. The number of rotatable bonds is 5. The Kier molecular flexibility index (Phi) is 5.47. The monoisotopic (exact) mass is 466 g/mol. The fourth-order valence-electron chi connectivity index (χ4n) is 4.84. The molecule has 7 heteroatoms. The molecule has 0 aliphatic carbocycles. The van der Waals surface area contributed by atoms with Crippen LogP contribution in [0.4, 0.5) is 0 Å². The van der Waals surface area contributed by atoms with Crippen LogP contribution in [0.2, 0.25) is 0 Å². The first-order chi connectivity index (χ1) is 16.8. The van der Waals surface area contributed by atoms with Gasteiger partial charge in [0, 0.05) is 30.1 Å². The van der Waals surface area contributed by atoms with Crippen LogP contribution in [0.5, 0.6) is 0 Å². The average molecular weight is 467 g/mol. The van der Waals surface area contributed by atoms with E-state index in [1.54, 1.807) is 7.05 Å². The Morgan fingerprint density at radius 3 is 2.43 bits per heavy atom. The molecule has 0 aliphatic rings. The number of carboxylic acids is 1. The molecule has 0 spiro atoms. The molecule has 0 radical (unpaired) electrons. The van der Waals surface area contributed by atoms with Crippen molar-refractivity contribution in [1.29, 1.82) is 0 Å². The number of hydrogen-bond acceptors (Lipinski definition) is 4. The predicted molar refractivity (Wildman–Crippen MR) is 137 cm³/mol. The summed E-state index contributed by atoms with van der Waals surface area (Å²) in [5, 5.41) is 10.6. The Balaban J connectivity index is 1.63. The first-order valence-electron chi connectivity index (χ1n) is 11.6. The van der Waals surface area contributed by atoms with Crippen molar-refractivity contribution in [2.45, 2.75) is 33.7 Å². The van der Waals surface area contributed by atoms with E-state index in [0.717, 1.165) is 45.6 Å². The van der Waals surface area contributed by atoms with Gasteiger partial charge in [-0.25, -0.2) is 14.8 Å². The Labute approximate surface area is 202 Å². The van der Waals surface area contributed by atoms with E-state index in [-0.39, 0.29) is 5.56 Å². The van der Waals surface area contributed by atoms with E-state index in [4.69, 9.17) is 9.97 Å². The van der Waals surface area contributed by atoms with Gasteiger partial charge in [0.1, 0.15) is 16.9 Å². The average Bonchev–Trinajstić information content (AvgIpc) is 3.19. The molecular formula is C28H26N4O3. The summed E-state index contributed by atoms with van der Waals surface area (Å²) in [4.78, 5) is 34.6. The number of benzene rings is 2. The molecule has 0 fully saturated rings. The summed E-state index contributed by atoms with van der Waals surface area (Å²) in [5.41, 5.74) is 5.96. The minimum absolute atomic E-state index is 0.219. The van der Waals surface area contributed by atoms with Crippen molar-refractivity contribution in [2.75, 3.05) is 0 Å². The number of aromatic carboxylic acids is 1. The van der Waals surface area contributed by atoms with Crippen molar-refractivity contribution in [3.05, 3.63) is 93.2 Å². The second kappa shape index (κ2) is 8.51. The van der Waals surface area contributed by atoms with E-state index in [9.17, 15) is 14.7 Å². The molecule has 2 aromatic carbocycles. The highest BCUT2D eigenvalue weighted by Gasteiger charge is 2.22. The molecule has 5 aromatic rings. The summed E-state index contributed by atoms with van der Waals surface area (Å²) in [6.45, 7) is 6.71. The molecule has 35 heavy (non-hydrogen) atoms. The number of aromatic nitrogens is 4. The minimum Gasteiger partial charge on any atom is -0.477 e. The third kappa shape index (κ3) is 3.69. The van der Waals surface area contributed by atoms with Gasteiger partial charge < -0.3 is 14.2 Å². The summed E-state index contributed by atoms with van der Waals surface area (Å²) in [6, 6.07) is 17.1. The third-order valence-electron chi connectivity index (χ3n) is 6.52. The molecule has 0 saturated carbocycles. The molecule has 0 bridgehead atoms. The zero-order chi connectivity index (χ0) is 24.9. The first kappa shape index (κ1) is 22.5. The van der Waals surface area contributed by atoms with Gasteiger partial charge in [0.2, 0.25) is 0 Å². The smallest absolute Gasteiger partial charge is 0.342 e. The molecule has 0 amide bonds. The summed E-state index contributed by atoms with van der Waals surface area (Å²) in [5.74, 6) is -0.263. The lowest BCUT2D eigenvalue weighted by Crippen LogP contribution is -2.26. The lowest BCUT2D eigenvalue weighted by Gasteiger charge is -2.14. The quantitative estimate of drug-likeness (QED) is 0.399. The third-order valence-corrected chi connectivity index (χ3v) is 6.52. The molecule has 3 aromatic heterocycles. The molecule has 0 aliphatic heterocycles. The van der Waals surface area contributed by atoms with Crippen molar-refractivity contribution < 1.29 is 9.90 Å². The largest absolute Gasteiger partial charge is 0.477 e. The van der Waals surface area contributed by atoms with Crippen LogP contribution >= 0.6 is 0 Å². The Morgan fingerprint density at radius 1 is 1.03 bits per heavy atom. The van der Waals surface area contributed by atoms with Gasteiger partial charge in [-0.15, -0.1) is 0 Å². The highest BCUT2D eigenvalue weighted by atomic mass is 16.4. The molecule has 5 rings (SSSR count). The van der Waals surface area contributed by atoms with Crippen LogP contribution in [0.25, 0.3) is 33.2 Å². The van der Waals surface area contributed by atoms with Crippen LogP contribution in [-0.4, -0.2) is 30.2 Å². The molecule has 7 nitrogen and oxygen atoms in total. The number of hydrogen-bond donors (Lipinski definition) is 1. The fraction of sp³-hybridized carbons (Fsp3) is 0.214. The number of para-hydroxylation sites is 1. The van der Waals surface area contributed by atoms with Crippen LogP contribution in [0.15, 0.2) is 59.4 Å². The van der Waals surface area contributed by atoms with Crippen molar-refractivity contribution in [3.8, 4) is 11.1 Å². The van der Waals surface area contributed by atoms with Crippen molar-refractivity contribution >= 4 is 28.0 Å². The molecule has 1 N–H and O–H groups in total. The second-order valence-corrected chi connectivity index (χ2v) is 8.85. The minimum atomic E-state index is -1.23. The maximum Gasteiger partial charge on any atom is 0.342 e. The number of pyridine rings is 2. The van der Waals surface area contributed by atoms with Crippen LogP contribution in [0.3, 0.4) is 0 Å². The van der Waals surface area contributed by atoms with Gasteiger partial charge in [0.15, 0.2) is 5.65 Å².